The number of carbonyl (C=O) groups excluding carboxylic acids is 1. The minimum atomic E-state index is -4.41. The number of likely N-dealkylation sites (tertiary alicyclic amines) is 1. The van der Waals surface area contributed by atoms with Crippen molar-refractivity contribution in [3.05, 3.63) is 36.4 Å². The highest BCUT2D eigenvalue weighted by atomic mass is 19.4. The lowest BCUT2D eigenvalue weighted by atomic mass is 9.85. The molecular formula is C20H23F4N5O2. The van der Waals surface area contributed by atoms with E-state index in [1.54, 1.807) is 17.9 Å². The van der Waals surface area contributed by atoms with Crippen molar-refractivity contribution in [2.45, 2.75) is 50.6 Å². The molecule has 3 atom stereocenters. The van der Waals surface area contributed by atoms with Crippen molar-refractivity contribution in [1.29, 1.82) is 0 Å². The first-order valence-electron chi connectivity index (χ1n) is 10.2. The average molecular weight is 441 g/mol. The minimum absolute atomic E-state index is 0.0289. The Balaban J connectivity index is 1.35. The summed E-state index contributed by atoms with van der Waals surface area (Å²) in [6, 6.07) is 3.45. The van der Waals surface area contributed by atoms with Gasteiger partial charge in [0.25, 0.3) is 5.91 Å². The van der Waals surface area contributed by atoms with Crippen LogP contribution in [0.3, 0.4) is 0 Å². The van der Waals surface area contributed by atoms with Gasteiger partial charge in [-0.25, -0.2) is 9.07 Å². The van der Waals surface area contributed by atoms with E-state index in [0.29, 0.717) is 25.9 Å². The molecule has 11 heteroatoms. The van der Waals surface area contributed by atoms with Crippen LogP contribution in [0.4, 0.5) is 23.5 Å². The fraction of sp³-hybridized carbons (Fsp3) is 0.550. The van der Waals surface area contributed by atoms with Gasteiger partial charge in [0.2, 0.25) is 5.95 Å². The van der Waals surface area contributed by atoms with Crippen LogP contribution in [0.25, 0.3) is 0 Å². The van der Waals surface area contributed by atoms with Gasteiger partial charge in [-0.3, -0.25) is 4.79 Å². The molecule has 0 radical (unpaired) electrons. The van der Waals surface area contributed by atoms with Crippen molar-refractivity contribution in [1.82, 2.24) is 19.7 Å². The van der Waals surface area contributed by atoms with Crippen molar-refractivity contribution in [3.8, 4) is 5.75 Å². The van der Waals surface area contributed by atoms with Crippen LogP contribution in [0.15, 0.2) is 30.6 Å². The van der Waals surface area contributed by atoms with E-state index in [2.05, 4.69) is 15.4 Å². The number of amides is 1. The zero-order valence-electron chi connectivity index (χ0n) is 16.8. The van der Waals surface area contributed by atoms with Crippen molar-refractivity contribution in [2.75, 3.05) is 18.4 Å². The summed E-state index contributed by atoms with van der Waals surface area (Å²) in [4.78, 5) is 18.3. The van der Waals surface area contributed by atoms with Crippen LogP contribution in [0, 0.1) is 11.7 Å². The van der Waals surface area contributed by atoms with Gasteiger partial charge in [0.05, 0.1) is 0 Å². The van der Waals surface area contributed by atoms with Gasteiger partial charge < -0.3 is 15.0 Å². The molecule has 2 aliphatic rings. The molecule has 1 amide bonds. The van der Waals surface area contributed by atoms with Crippen LogP contribution in [-0.2, 0) is 4.79 Å². The molecule has 0 spiro atoms. The number of piperidine rings is 1. The van der Waals surface area contributed by atoms with Gasteiger partial charge in [0, 0.05) is 25.2 Å². The number of nitrogens with one attached hydrogen (secondary N) is 1. The van der Waals surface area contributed by atoms with Gasteiger partial charge >= 0.3 is 6.18 Å². The second-order valence-electron chi connectivity index (χ2n) is 7.95. The summed E-state index contributed by atoms with van der Waals surface area (Å²) in [6.07, 6.45) is -3.09. The zero-order chi connectivity index (χ0) is 22.2. The molecule has 1 aromatic carbocycles. The highest BCUT2D eigenvalue weighted by Crippen LogP contribution is 2.41. The summed E-state index contributed by atoms with van der Waals surface area (Å²) in [5.74, 6) is -0.324. The fourth-order valence-electron chi connectivity index (χ4n) is 4.30. The molecule has 7 nitrogen and oxygen atoms in total. The third-order valence-electron chi connectivity index (χ3n) is 5.91. The summed E-state index contributed by atoms with van der Waals surface area (Å²) in [5, 5.41) is 6.79. The standard InChI is InChI=1S/C20H23F4N5O2/c1-12(31-15-4-2-3-14(21)9-15)18(30)28-7-5-13(6-8-28)16-10-17(20(22,23)24)29-19(27-16)25-11-26-29/h2-4,9,11-13,16-17H,5-8,10H2,1H3,(H,25,26,27)/t12?,16-,17+/m0/s1. The van der Waals surface area contributed by atoms with Crippen LogP contribution in [-0.4, -0.2) is 57.0 Å². The Morgan fingerprint density at radius 3 is 2.71 bits per heavy atom. The number of fused-ring (bicyclic) bond motifs is 1. The molecule has 0 aliphatic carbocycles. The number of halogens is 4. The van der Waals surface area contributed by atoms with Crippen molar-refractivity contribution in [2.24, 2.45) is 5.92 Å². The van der Waals surface area contributed by atoms with Crippen LogP contribution in [0.2, 0.25) is 0 Å². The normalized spacial score (nSPS) is 23.1. The average Bonchev–Trinajstić information content (AvgIpc) is 3.20. The largest absolute Gasteiger partial charge is 0.481 e. The predicted molar refractivity (Wildman–Crippen MR) is 103 cm³/mol. The first kappa shape index (κ1) is 21.4. The topological polar surface area (TPSA) is 72.3 Å². The van der Waals surface area contributed by atoms with Crippen molar-refractivity contribution < 1.29 is 27.1 Å². The number of carbonyl (C=O) groups is 1. The molecule has 168 valence electrons. The number of ether oxygens (including phenoxy) is 1. The summed E-state index contributed by atoms with van der Waals surface area (Å²) in [7, 11) is 0. The Hall–Kier alpha value is -2.85. The first-order chi connectivity index (χ1) is 14.7. The molecule has 1 unspecified atom stereocenters. The van der Waals surface area contributed by atoms with Crippen molar-refractivity contribution >= 4 is 11.9 Å². The Morgan fingerprint density at radius 2 is 2.03 bits per heavy atom. The Kier molecular flexibility index (Phi) is 5.76. The van der Waals surface area contributed by atoms with E-state index >= 15 is 0 Å². The second kappa shape index (κ2) is 8.35. The van der Waals surface area contributed by atoms with E-state index in [0.717, 1.165) is 11.0 Å². The smallest absolute Gasteiger partial charge is 0.411 e. The highest BCUT2D eigenvalue weighted by molar-refractivity contribution is 5.81. The summed E-state index contributed by atoms with van der Waals surface area (Å²) >= 11 is 0. The Morgan fingerprint density at radius 1 is 1.29 bits per heavy atom. The second-order valence-corrected chi connectivity index (χ2v) is 7.95. The molecule has 1 aromatic heterocycles. The highest BCUT2D eigenvalue weighted by Gasteiger charge is 2.48. The number of hydrogen-bond donors (Lipinski definition) is 1. The molecule has 1 saturated heterocycles. The third-order valence-corrected chi connectivity index (χ3v) is 5.91. The van der Waals surface area contributed by atoms with E-state index < -0.39 is 30.2 Å². The van der Waals surface area contributed by atoms with E-state index in [9.17, 15) is 22.4 Å². The third kappa shape index (κ3) is 4.59. The van der Waals surface area contributed by atoms with Gasteiger partial charge in [-0.1, -0.05) is 6.07 Å². The lowest BCUT2D eigenvalue weighted by molar-refractivity contribution is -0.174. The van der Waals surface area contributed by atoms with E-state index in [-0.39, 0.29) is 29.9 Å². The van der Waals surface area contributed by atoms with E-state index in [4.69, 9.17) is 4.74 Å². The maximum Gasteiger partial charge on any atom is 0.411 e. The number of rotatable bonds is 4. The van der Waals surface area contributed by atoms with Gasteiger partial charge in [0.1, 0.15) is 17.9 Å². The molecule has 3 heterocycles. The fourth-order valence-corrected chi connectivity index (χ4v) is 4.30. The number of benzene rings is 1. The Bertz CT molecular complexity index is 926. The molecule has 4 rings (SSSR count). The quantitative estimate of drug-likeness (QED) is 0.737. The lowest BCUT2D eigenvalue weighted by Gasteiger charge is -2.40. The molecule has 31 heavy (non-hydrogen) atoms. The number of alkyl halides is 3. The predicted octanol–water partition coefficient (Wildman–Crippen LogP) is 3.41. The molecule has 1 fully saturated rings. The van der Waals surface area contributed by atoms with Crippen LogP contribution >= 0.6 is 0 Å². The SMILES string of the molecule is CC(Oc1cccc(F)c1)C(=O)N1CCC([C@@H]2C[C@H](C(F)(F)F)n3ncnc3N2)CC1. The molecular weight excluding hydrogens is 418 g/mol. The summed E-state index contributed by atoms with van der Waals surface area (Å²) in [6.45, 7) is 2.44. The number of aromatic nitrogens is 3. The summed E-state index contributed by atoms with van der Waals surface area (Å²) in [5.41, 5.74) is 0. The van der Waals surface area contributed by atoms with Crippen LogP contribution in [0.5, 0.6) is 5.75 Å². The minimum Gasteiger partial charge on any atom is -0.481 e. The molecule has 1 N–H and O–H groups in total. The number of nitrogens with zero attached hydrogens (tertiary/aromatic N) is 4. The monoisotopic (exact) mass is 441 g/mol. The van der Waals surface area contributed by atoms with Gasteiger partial charge in [-0.05, 0) is 44.2 Å². The maximum atomic E-state index is 13.5. The molecule has 2 aromatic rings. The Labute approximate surface area is 176 Å². The van der Waals surface area contributed by atoms with Crippen LogP contribution in [0.1, 0.15) is 32.2 Å². The zero-order valence-corrected chi connectivity index (χ0v) is 16.8. The van der Waals surface area contributed by atoms with Gasteiger partial charge in [-0.2, -0.15) is 23.3 Å². The van der Waals surface area contributed by atoms with E-state index in [1.807, 2.05) is 0 Å². The number of anilines is 1. The molecule has 0 bridgehead atoms. The van der Waals surface area contributed by atoms with Crippen molar-refractivity contribution in [3.63, 3.8) is 0 Å². The maximum absolute atomic E-state index is 13.5. The van der Waals surface area contributed by atoms with Gasteiger partial charge in [-0.15, -0.1) is 0 Å². The van der Waals surface area contributed by atoms with Gasteiger partial charge in [0.15, 0.2) is 12.1 Å². The molecule has 2 aliphatic heterocycles. The first-order valence-corrected chi connectivity index (χ1v) is 10.2. The summed E-state index contributed by atoms with van der Waals surface area (Å²) < 4.78 is 60.2. The molecule has 0 saturated carbocycles. The van der Waals surface area contributed by atoms with Crippen LogP contribution < -0.4 is 10.1 Å². The lowest BCUT2D eigenvalue weighted by Crippen LogP contribution is -2.49. The van der Waals surface area contributed by atoms with E-state index in [1.165, 1.54) is 18.2 Å². The number of hydrogen-bond acceptors (Lipinski definition) is 5.